The maximum absolute atomic E-state index is 13.5. The number of rotatable bonds is 15. The van der Waals surface area contributed by atoms with Crippen LogP contribution in [0.2, 0.25) is 0 Å². The topological polar surface area (TPSA) is 83.1 Å². The molecule has 3 aromatic rings. The van der Waals surface area contributed by atoms with Crippen LogP contribution in [-0.2, 0) is 15.1 Å². The summed E-state index contributed by atoms with van der Waals surface area (Å²) in [7, 11) is 0. The summed E-state index contributed by atoms with van der Waals surface area (Å²) < 4.78 is 24.1. The second kappa shape index (κ2) is 14.0. The van der Waals surface area contributed by atoms with E-state index in [0.717, 1.165) is 19.3 Å². The molecule has 43 heavy (non-hydrogen) atoms. The number of fused-ring (bicyclic) bond motifs is 6. The van der Waals surface area contributed by atoms with Gasteiger partial charge in [0.15, 0.2) is 5.60 Å². The summed E-state index contributed by atoms with van der Waals surface area (Å²) in [5, 5.41) is 2.99. The first-order chi connectivity index (χ1) is 21.0. The lowest BCUT2D eigenvalue weighted by atomic mass is 9.77. The molecule has 3 aromatic carbocycles. The molecule has 0 atom stereocenters. The largest absolute Gasteiger partial charge is 0.494 e. The number of nitrogens with one attached hydrogen (secondary N) is 1. The van der Waals surface area contributed by atoms with E-state index in [4.69, 9.17) is 18.9 Å². The molecular formula is C36H43NO6. The Labute approximate surface area is 254 Å². The molecule has 2 aliphatic rings. The molecule has 7 nitrogen and oxygen atoms in total. The van der Waals surface area contributed by atoms with Crippen LogP contribution in [0.15, 0.2) is 54.6 Å². The molecule has 1 amide bonds. The van der Waals surface area contributed by atoms with Gasteiger partial charge in [-0.1, -0.05) is 64.4 Å². The number of hydrogen-bond donors (Lipinski definition) is 1. The summed E-state index contributed by atoms with van der Waals surface area (Å²) >= 11 is 0. The Morgan fingerprint density at radius 1 is 0.721 bits per heavy atom. The van der Waals surface area contributed by atoms with Crippen molar-refractivity contribution >= 4 is 17.6 Å². The van der Waals surface area contributed by atoms with Gasteiger partial charge in [-0.15, -0.1) is 0 Å². The standard InChI is InChI=1S/C36H43NO6/c1-4-7-8-9-10-11-12-13-14-15-34(38)37-25-16-19-29-28(22-25)35(39)43-36(29)30-20-17-26(40-5-2)23-32(30)42-33-24-27(41-6-3)18-21-31(33)36/h16-24H,4-15H2,1-3H3,(H,37,38). The fourth-order valence-electron chi connectivity index (χ4n) is 6.10. The fraction of sp³-hybridized carbons (Fsp3) is 0.444. The molecule has 0 fully saturated rings. The van der Waals surface area contributed by atoms with Gasteiger partial charge in [0, 0.05) is 40.9 Å². The maximum atomic E-state index is 13.5. The third kappa shape index (κ3) is 6.51. The molecule has 0 saturated carbocycles. The first-order valence-corrected chi connectivity index (χ1v) is 15.9. The zero-order chi connectivity index (χ0) is 30.2. The Balaban J connectivity index is 1.34. The van der Waals surface area contributed by atoms with Crippen molar-refractivity contribution in [2.45, 2.75) is 90.6 Å². The van der Waals surface area contributed by atoms with Crippen LogP contribution in [0.5, 0.6) is 23.0 Å². The second-order valence-electron chi connectivity index (χ2n) is 11.2. The number of unbranched alkanes of at least 4 members (excludes halogenated alkanes) is 8. The van der Waals surface area contributed by atoms with Crippen molar-refractivity contribution in [2.24, 2.45) is 0 Å². The quantitative estimate of drug-likeness (QED) is 0.142. The normalized spacial score (nSPS) is 13.9. The van der Waals surface area contributed by atoms with E-state index in [-0.39, 0.29) is 5.91 Å². The molecule has 1 spiro atoms. The van der Waals surface area contributed by atoms with Crippen LogP contribution >= 0.6 is 0 Å². The van der Waals surface area contributed by atoms with Crippen LogP contribution < -0.4 is 19.5 Å². The van der Waals surface area contributed by atoms with Crippen molar-refractivity contribution in [2.75, 3.05) is 18.5 Å². The molecule has 0 unspecified atom stereocenters. The maximum Gasteiger partial charge on any atom is 0.340 e. The third-order valence-corrected chi connectivity index (χ3v) is 8.16. The molecule has 2 heterocycles. The predicted molar refractivity (Wildman–Crippen MR) is 168 cm³/mol. The molecule has 1 N–H and O–H groups in total. The number of carbonyl (C=O) groups excluding carboxylic acids is 2. The summed E-state index contributed by atoms with van der Waals surface area (Å²) in [4.78, 5) is 26.2. The monoisotopic (exact) mass is 585 g/mol. The van der Waals surface area contributed by atoms with E-state index in [1.165, 1.54) is 38.5 Å². The Morgan fingerprint density at radius 2 is 1.28 bits per heavy atom. The SMILES string of the molecule is CCCCCCCCCCCC(=O)Nc1ccc2c(c1)C(=O)OC21c2ccc(OCC)cc2Oc2cc(OCC)ccc21. The highest BCUT2D eigenvalue weighted by Crippen LogP contribution is 2.57. The molecule has 0 aromatic heterocycles. The summed E-state index contributed by atoms with van der Waals surface area (Å²) in [6.45, 7) is 7.11. The Morgan fingerprint density at radius 3 is 1.86 bits per heavy atom. The van der Waals surface area contributed by atoms with Crippen LogP contribution in [0.1, 0.15) is 112 Å². The molecule has 2 aliphatic heterocycles. The van der Waals surface area contributed by atoms with Gasteiger partial charge in [0.05, 0.1) is 18.8 Å². The minimum Gasteiger partial charge on any atom is -0.494 e. The van der Waals surface area contributed by atoms with Gasteiger partial charge in [-0.3, -0.25) is 4.79 Å². The minimum absolute atomic E-state index is 0.0439. The van der Waals surface area contributed by atoms with Crippen LogP contribution in [0, 0.1) is 0 Å². The Bertz CT molecular complexity index is 1390. The van der Waals surface area contributed by atoms with Crippen molar-refractivity contribution < 1.29 is 28.5 Å². The Kier molecular flexibility index (Phi) is 9.90. The van der Waals surface area contributed by atoms with Crippen molar-refractivity contribution in [3.8, 4) is 23.0 Å². The van der Waals surface area contributed by atoms with E-state index in [1.807, 2.05) is 62.4 Å². The lowest BCUT2D eigenvalue weighted by Gasteiger charge is -2.36. The van der Waals surface area contributed by atoms with Crippen molar-refractivity contribution in [1.29, 1.82) is 0 Å². The van der Waals surface area contributed by atoms with Crippen LogP contribution in [-0.4, -0.2) is 25.1 Å². The molecule has 5 rings (SSSR count). The molecule has 7 heteroatoms. The van der Waals surface area contributed by atoms with E-state index in [0.29, 0.717) is 70.6 Å². The second-order valence-corrected chi connectivity index (χ2v) is 11.2. The zero-order valence-electron chi connectivity index (χ0n) is 25.6. The van der Waals surface area contributed by atoms with Gasteiger partial charge in [0.2, 0.25) is 5.91 Å². The molecule has 228 valence electrons. The first-order valence-electron chi connectivity index (χ1n) is 15.9. The van der Waals surface area contributed by atoms with E-state index in [1.54, 1.807) is 6.07 Å². The lowest BCUT2D eigenvalue weighted by molar-refractivity contribution is -0.116. The highest BCUT2D eigenvalue weighted by Gasteiger charge is 2.53. The summed E-state index contributed by atoms with van der Waals surface area (Å²) in [6.07, 6.45) is 11.3. The third-order valence-electron chi connectivity index (χ3n) is 8.16. The van der Waals surface area contributed by atoms with Gasteiger partial charge >= 0.3 is 5.97 Å². The van der Waals surface area contributed by atoms with Crippen molar-refractivity contribution in [3.05, 3.63) is 76.9 Å². The van der Waals surface area contributed by atoms with Crippen molar-refractivity contribution in [1.82, 2.24) is 0 Å². The van der Waals surface area contributed by atoms with Crippen LogP contribution in [0.3, 0.4) is 0 Å². The summed E-state index contributed by atoms with van der Waals surface area (Å²) in [6, 6.07) is 16.6. The number of amides is 1. The van der Waals surface area contributed by atoms with Crippen molar-refractivity contribution in [3.63, 3.8) is 0 Å². The van der Waals surface area contributed by atoms with Gasteiger partial charge in [-0.25, -0.2) is 4.79 Å². The number of carbonyl (C=O) groups is 2. The number of ether oxygens (including phenoxy) is 4. The average Bonchev–Trinajstić information content (AvgIpc) is 3.28. The number of benzene rings is 3. The highest BCUT2D eigenvalue weighted by atomic mass is 16.6. The molecule has 0 aliphatic carbocycles. The average molecular weight is 586 g/mol. The number of esters is 1. The molecule has 0 radical (unpaired) electrons. The summed E-state index contributed by atoms with van der Waals surface area (Å²) in [5.41, 5.74) is 1.92. The minimum atomic E-state index is -1.20. The van der Waals surface area contributed by atoms with Gasteiger partial charge < -0.3 is 24.3 Å². The van der Waals surface area contributed by atoms with E-state index >= 15 is 0 Å². The van der Waals surface area contributed by atoms with Gasteiger partial charge in [-0.05, 0) is 56.7 Å². The number of hydrogen-bond acceptors (Lipinski definition) is 6. The first kappa shape index (κ1) is 30.5. The molecular weight excluding hydrogens is 542 g/mol. The summed E-state index contributed by atoms with van der Waals surface area (Å²) in [5.74, 6) is 1.92. The fourth-order valence-corrected chi connectivity index (χ4v) is 6.10. The number of anilines is 1. The van der Waals surface area contributed by atoms with Gasteiger partial charge in [0.25, 0.3) is 0 Å². The van der Waals surface area contributed by atoms with Gasteiger partial charge in [0.1, 0.15) is 23.0 Å². The molecule has 0 saturated heterocycles. The predicted octanol–water partition coefficient (Wildman–Crippen LogP) is 8.91. The van der Waals surface area contributed by atoms with E-state index < -0.39 is 11.6 Å². The lowest BCUT2D eigenvalue weighted by Crippen LogP contribution is -2.33. The van der Waals surface area contributed by atoms with Crippen LogP contribution in [0.25, 0.3) is 0 Å². The van der Waals surface area contributed by atoms with E-state index in [9.17, 15) is 9.59 Å². The smallest absolute Gasteiger partial charge is 0.340 e. The van der Waals surface area contributed by atoms with Crippen LogP contribution in [0.4, 0.5) is 5.69 Å². The van der Waals surface area contributed by atoms with Gasteiger partial charge in [-0.2, -0.15) is 0 Å². The Hall–Kier alpha value is -4.00. The zero-order valence-corrected chi connectivity index (χ0v) is 25.6. The highest BCUT2D eigenvalue weighted by molar-refractivity contribution is 5.99. The van der Waals surface area contributed by atoms with E-state index in [2.05, 4.69) is 12.2 Å². The molecule has 0 bridgehead atoms.